The van der Waals surface area contributed by atoms with Crippen LogP contribution in [-0.2, 0) is 22.6 Å². The normalized spacial score (nSPS) is 13.6. The van der Waals surface area contributed by atoms with Crippen molar-refractivity contribution < 1.29 is 21.6 Å². The van der Waals surface area contributed by atoms with E-state index in [4.69, 9.17) is 0 Å². The summed E-state index contributed by atoms with van der Waals surface area (Å²) in [5, 5.41) is 5.93. The fraction of sp³-hybridized carbons (Fsp3) is 0.562. The predicted octanol–water partition coefficient (Wildman–Crippen LogP) is 2.58. The average Bonchev–Trinajstić information content (AvgIpc) is 2.48. The van der Waals surface area contributed by atoms with E-state index >= 15 is 0 Å². The monoisotopic (exact) mass is 379 g/mol. The Hall–Kier alpha value is -1.77. The standard InChI is InChI=1S/C16H24F3N3O2S/c1-5-20-14(22-11-15(2,3)25(4,23)24)21-10-12-6-8-13(9-7-12)16(17,18)19/h6-9H,5,10-11H2,1-4H3,(H2,20,21,22). The Morgan fingerprint density at radius 2 is 1.68 bits per heavy atom. The fourth-order valence-corrected chi connectivity index (χ4v) is 2.07. The Kier molecular flexibility index (Phi) is 6.87. The van der Waals surface area contributed by atoms with E-state index in [1.165, 1.54) is 18.4 Å². The summed E-state index contributed by atoms with van der Waals surface area (Å²) in [6, 6.07) is 4.77. The van der Waals surface area contributed by atoms with Gasteiger partial charge in [0.2, 0.25) is 0 Å². The summed E-state index contributed by atoms with van der Waals surface area (Å²) in [7, 11) is -3.25. The number of alkyl halides is 3. The van der Waals surface area contributed by atoms with Gasteiger partial charge in [0.1, 0.15) is 0 Å². The maximum absolute atomic E-state index is 12.5. The van der Waals surface area contributed by atoms with Crippen molar-refractivity contribution in [3.05, 3.63) is 35.4 Å². The van der Waals surface area contributed by atoms with E-state index in [1.807, 2.05) is 6.92 Å². The Bertz CT molecular complexity index is 696. The van der Waals surface area contributed by atoms with Gasteiger partial charge in [0.05, 0.1) is 16.9 Å². The smallest absolute Gasteiger partial charge is 0.357 e. The maximum Gasteiger partial charge on any atom is 0.416 e. The van der Waals surface area contributed by atoms with Gasteiger partial charge in [-0.15, -0.1) is 0 Å². The van der Waals surface area contributed by atoms with Crippen LogP contribution in [-0.4, -0.2) is 38.5 Å². The number of aliphatic imine (C=N–C) groups is 1. The predicted molar refractivity (Wildman–Crippen MR) is 93.2 cm³/mol. The summed E-state index contributed by atoms with van der Waals surface area (Å²) in [5.41, 5.74) is -0.0901. The lowest BCUT2D eigenvalue weighted by atomic mass is 10.1. The van der Waals surface area contributed by atoms with Crippen molar-refractivity contribution in [1.29, 1.82) is 0 Å². The second-order valence-corrected chi connectivity index (χ2v) is 8.92. The Morgan fingerprint density at radius 3 is 2.12 bits per heavy atom. The molecule has 0 heterocycles. The van der Waals surface area contributed by atoms with Crippen LogP contribution in [0.5, 0.6) is 0 Å². The second kappa shape index (κ2) is 8.07. The molecule has 2 N–H and O–H groups in total. The molecule has 0 amide bonds. The molecular weight excluding hydrogens is 355 g/mol. The molecule has 0 saturated carbocycles. The molecule has 0 aliphatic carbocycles. The van der Waals surface area contributed by atoms with Crippen LogP contribution in [0.4, 0.5) is 13.2 Å². The lowest BCUT2D eigenvalue weighted by Crippen LogP contribution is -2.47. The third-order valence-electron chi connectivity index (χ3n) is 3.73. The Balaban J connectivity index is 2.79. The van der Waals surface area contributed by atoms with Crippen molar-refractivity contribution in [3.63, 3.8) is 0 Å². The molecule has 0 aliphatic heterocycles. The zero-order chi connectivity index (χ0) is 19.3. The minimum atomic E-state index is -4.37. The number of halogens is 3. The SMILES string of the molecule is CCNC(=NCc1ccc(C(F)(F)F)cc1)NCC(C)(C)S(C)(=O)=O. The van der Waals surface area contributed by atoms with Crippen LogP contribution in [0.3, 0.4) is 0 Å². The minimum absolute atomic E-state index is 0.157. The van der Waals surface area contributed by atoms with Crippen molar-refractivity contribution in [2.45, 2.75) is 38.2 Å². The summed E-state index contributed by atoms with van der Waals surface area (Å²) < 4.78 is 60.1. The summed E-state index contributed by atoms with van der Waals surface area (Å²) in [5.74, 6) is 0.402. The van der Waals surface area contributed by atoms with Gasteiger partial charge < -0.3 is 10.6 Å². The molecule has 0 aliphatic rings. The van der Waals surface area contributed by atoms with E-state index in [1.54, 1.807) is 13.8 Å². The summed E-state index contributed by atoms with van der Waals surface area (Å²) in [6.07, 6.45) is -3.20. The third-order valence-corrected chi connectivity index (χ3v) is 5.88. The number of sulfone groups is 1. The number of nitrogens with zero attached hydrogens (tertiary/aromatic N) is 1. The van der Waals surface area contributed by atoms with Crippen LogP contribution in [0.2, 0.25) is 0 Å². The molecule has 0 fully saturated rings. The number of guanidine groups is 1. The van der Waals surface area contributed by atoms with Crippen molar-refractivity contribution in [2.24, 2.45) is 4.99 Å². The summed E-state index contributed by atoms with van der Waals surface area (Å²) in [4.78, 5) is 4.28. The highest BCUT2D eigenvalue weighted by atomic mass is 32.2. The first-order valence-corrected chi connectivity index (χ1v) is 9.64. The summed E-state index contributed by atoms with van der Waals surface area (Å²) >= 11 is 0. The van der Waals surface area contributed by atoms with Gasteiger partial charge in [-0.1, -0.05) is 12.1 Å². The van der Waals surface area contributed by atoms with Crippen LogP contribution in [0.15, 0.2) is 29.3 Å². The van der Waals surface area contributed by atoms with Gasteiger partial charge in [-0.3, -0.25) is 0 Å². The summed E-state index contributed by atoms with van der Waals surface area (Å²) in [6.45, 7) is 5.97. The fourth-order valence-electron chi connectivity index (χ4n) is 1.74. The maximum atomic E-state index is 12.5. The quantitative estimate of drug-likeness (QED) is 0.589. The number of rotatable bonds is 6. The molecule has 25 heavy (non-hydrogen) atoms. The number of hydrogen-bond donors (Lipinski definition) is 2. The van der Waals surface area contributed by atoms with Crippen molar-refractivity contribution >= 4 is 15.8 Å². The van der Waals surface area contributed by atoms with Gasteiger partial charge >= 0.3 is 6.18 Å². The van der Waals surface area contributed by atoms with Gasteiger partial charge in [0.25, 0.3) is 0 Å². The molecule has 0 atom stereocenters. The van der Waals surface area contributed by atoms with Gasteiger partial charge in [0.15, 0.2) is 15.8 Å². The molecule has 1 rings (SSSR count). The van der Waals surface area contributed by atoms with E-state index in [9.17, 15) is 21.6 Å². The molecule has 0 spiro atoms. The van der Waals surface area contributed by atoms with E-state index in [2.05, 4.69) is 15.6 Å². The van der Waals surface area contributed by atoms with Gasteiger partial charge in [-0.2, -0.15) is 13.2 Å². The molecule has 0 saturated heterocycles. The van der Waals surface area contributed by atoms with E-state index < -0.39 is 26.3 Å². The van der Waals surface area contributed by atoms with Crippen molar-refractivity contribution in [3.8, 4) is 0 Å². The second-order valence-electron chi connectivity index (χ2n) is 6.28. The van der Waals surface area contributed by atoms with Gasteiger partial charge in [-0.05, 0) is 38.5 Å². The Labute approximate surface area is 146 Å². The van der Waals surface area contributed by atoms with E-state index in [0.717, 1.165) is 12.1 Å². The van der Waals surface area contributed by atoms with Gasteiger partial charge in [0, 0.05) is 19.3 Å². The van der Waals surface area contributed by atoms with Gasteiger partial charge in [-0.25, -0.2) is 13.4 Å². The highest BCUT2D eigenvalue weighted by molar-refractivity contribution is 7.92. The number of benzene rings is 1. The number of nitrogens with one attached hydrogen (secondary N) is 2. The molecule has 0 aromatic heterocycles. The van der Waals surface area contributed by atoms with E-state index in [-0.39, 0.29) is 13.1 Å². The van der Waals surface area contributed by atoms with Crippen LogP contribution in [0, 0.1) is 0 Å². The highest BCUT2D eigenvalue weighted by Gasteiger charge is 2.30. The largest absolute Gasteiger partial charge is 0.416 e. The molecule has 142 valence electrons. The molecule has 1 aromatic rings. The zero-order valence-electron chi connectivity index (χ0n) is 14.7. The zero-order valence-corrected chi connectivity index (χ0v) is 15.6. The minimum Gasteiger partial charge on any atom is -0.357 e. The van der Waals surface area contributed by atoms with E-state index in [0.29, 0.717) is 18.1 Å². The van der Waals surface area contributed by atoms with Crippen LogP contribution in [0.25, 0.3) is 0 Å². The van der Waals surface area contributed by atoms with Crippen LogP contribution >= 0.6 is 0 Å². The number of hydrogen-bond acceptors (Lipinski definition) is 3. The van der Waals surface area contributed by atoms with Crippen molar-refractivity contribution in [1.82, 2.24) is 10.6 Å². The molecule has 1 aromatic carbocycles. The lowest BCUT2D eigenvalue weighted by molar-refractivity contribution is -0.137. The molecular formula is C16H24F3N3O2S. The Morgan fingerprint density at radius 1 is 1.12 bits per heavy atom. The van der Waals surface area contributed by atoms with Crippen LogP contribution in [0.1, 0.15) is 31.9 Å². The molecule has 9 heteroatoms. The lowest BCUT2D eigenvalue weighted by Gasteiger charge is -2.24. The molecule has 5 nitrogen and oxygen atoms in total. The first-order chi connectivity index (χ1) is 11.4. The third kappa shape index (κ3) is 6.56. The average molecular weight is 379 g/mol. The highest BCUT2D eigenvalue weighted by Crippen LogP contribution is 2.29. The van der Waals surface area contributed by atoms with Crippen LogP contribution < -0.4 is 10.6 Å². The van der Waals surface area contributed by atoms with Crippen molar-refractivity contribution in [2.75, 3.05) is 19.3 Å². The molecule has 0 bridgehead atoms. The first kappa shape index (κ1) is 21.3. The molecule has 0 unspecified atom stereocenters. The topological polar surface area (TPSA) is 70.6 Å². The first-order valence-electron chi connectivity index (χ1n) is 7.75. The molecule has 0 radical (unpaired) electrons.